The standard InChI is InChI=1S/C18H30N2O3/c1-13(2)20(17(22)23-18(4,5)6)12-11-19-14(3)15-9-7-8-10-16(15)21/h7-10,13-14,19,21H,11-12H2,1-6H3. The highest BCUT2D eigenvalue weighted by Gasteiger charge is 2.24. The lowest BCUT2D eigenvalue weighted by atomic mass is 10.1. The van der Waals surface area contributed by atoms with Gasteiger partial charge >= 0.3 is 6.09 Å². The van der Waals surface area contributed by atoms with Crippen molar-refractivity contribution in [1.82, 2.24) is 10.2 Å². The molecule has 1 aromatic carbocycles. The van der Waals surface area contributed by atoms with Gasteiger partial charge in [0, 0.05) is 30.7 Å². The molecule has 2 N–H and O–H groups in total. The normalized spacial score (nSPS) is 13.0. The quantitative estimate of drug-likeness (QED) is 0.838. The van der Waals surface area contributed by atoms with E-state index in [2.05, 4.69) is 5.32 Å². The number of carbonyl (C=O) groups excluding carboxylic acids is 1. The van der Waals surface area contributed by atoms with E-state index in [0.29, 0.717) is 13.1 Å². The van der Waals surface area contributed by atoms with Gasteiger partial charge < -0.3 is 20.1 Å². The van der Waals surface area contributed by atoms with E-state index in [1.807, 2.05) is 53.7 Å². The lowest BCUT2D eigenvalue weighted by molar-refractivity contribution is 0.0192. The molecule has 0 fully saturated rings. The zero-order chi connectivity index (χ0) is 17.6. The third kappa shape index (κ3) is 6.48. The van der Waals surface area contributed by atoms with Crippen LogP contribution >= 0.6 is 0 Å². The van der Waals surface area contributed by atoms with Gasteiger partial charge in [-0.1, -0.05) is 18.2 Å². The largest absolute Gasteiger partial charge is 0.508 e. The first kappa shape index (κ1) is 19.3. The van der Waals surface area contributed by atoms with Gasteiger partial charge in [-0.3, -0.25) is 0 Å². The molecule has 0 aromatic heterocycles. The van der Waals surface area contributed by atoms with E-state index in [-0.39, 0.29) is 23.9 Å². The van der Waals surface area contributed by atoms with Crippen molar-refractivity contribution in [3.63, 3.8) is 0 Å². The number of amides is 1. The van der Waals surface area contributed by atoms with Crippen LogP contribution in [-0.2, 0) is 4.74 Å². The number of nitrogens with zero attached hydrogens (tertiary/aromatic N) is 1. The van der Waals surface area contributed by atoms with E-state index in [9.17, 15) is 9.90 Å². The summed E-state index contributed by atoms with van der Waals surface area (Å²) in [6.07, 6.45) is -0.301. The van der Waals surface area contributed by atoms with Gasteiger partial charge in [-0.25, -0.2) is 4.79 Å². The Hall–Kier alpha value is -1.75. The summed E-state index contributed by atoms with van der Waals surface area (Å²) in [6, 6.07) is 7.33. The minimum absolute atomic E-state index is 0.00356. The second-order valence-corrected chi connectivity index (χ2v) is 7.00. The zero-order valence-corrected chi connectivity index (χ0v) is 15.1. The molecule has 130 valence electrons. The fourth-order valence-electron chi connectivity index (χ4n) is 2.25. The zero-order valence-electron chi connectivity index (χ0n) is 15.1. The maximum atomic E-state index is 12.2. The number of carbonyl (C=O) groups is 1. The molecular weight excluding hydrogens is 292 g/mol. The number of ether oxygens (including phenoxy) is 1. The van der Waals surface area contributed by atoms with Gasteiger partial charge in [0.2, 0.25) is 0 Å². The predicted octanol–water partition coefficient (Wildman–Crippen LogP) is 3.69. The van der Waals surface area contributed by atoms with Crippen molar-refractivity contribution in [3.05, 3.63) is 29.8 Å². The van der Waals surface area contributed by atoms with Crippen molar-refractivity contribution in [3.8, 4) is 5.75 Å². The number of phenols is 1. The molecular formula is C18H30N2O3. The summed E-state index contributed by atoms with van der Waals surface area (Å²) in [4.78, 5) is 13.9. The third-order valence-electron chi connectivity index (χ3n) is 3.46. The predicted molar refractivity (Wildman–Crippen MR) is 92.6 cm³/mol. The van der Waals surface area contributed by atoms with Crippen molar-refractivity contribution >= 4 is 6.09 Å². The Kier molecular flexibility index (Phi) is 6.88. The Morgan fingerprint density at radius 2 is 1.87 bits per heavy atom. The molecule has 1 aromatic rings. The monoisotopic (exact) mass is 322 g/mol. The second kappa shape index (κ2) is 8.20. The van der Waals surface area contributed by atoms with Crippen LogP contribution in [0.1, 0.15) is 53.1 Å². The van der Waals surface area contributed by atoms with Crippen LogP contribution in [0.2, 0.25) is 0 Å². The molecule has 0 aliphatic rings. The van der Waals surface area contributed by atoms with Crippen LogP contribution in [-0.4, -0.2) is 40.8 Å². The van der Waals surface area contributed by atoms with Crippen LogP contribution in [0.15, 0.2) is 24.3 Å². The fourth-order valence-corrected chi connectivity index (χ4v) is 2.25. The van der Waals surface area contributed by atoms with Crippen molar-refractivity contribution in [1.29, 1.82) is 0 Å². The fraction of sp³-hybridized carbons (Fsp3) is 0.611. The number of para-hydroxylation sites is 1. The van der Waals surface area contributed by atoms with Crippen molar-refractivity contribution in [2.75, 3.05) is 13.1 Å². The Bertz CT molecular complexity index is 509. The van der Waals surface area contributed by atoms with Gasteiger partial charge in [0.25, 0.3) is 0 Å². The summed E-state index contributed by atoms with van der Waals surface area (Å²) in [5.74, 6) is 0.278. The number of benzene rings is 1. The minimum Gasteiger partial charge on any atom is -0.508 e. The van der Waals surface area contributed by atoms with Crippen LogP contribution in [0, 0.1) is 0 Å². The van der Waals surface area contributed by atoms with Crippen molar-refractivity contribution < 1.29 is 14.6 Å². The molecule has 0 heterocycles. The molecule has 5 nitrogen and oxygen atoms in total. The maximum Gasteiger partial charge on any atom is 0.410 e. The van der Waals surface area contributed by atoms with Gasteiger partial charge in [-0.15, -0.1) is 0 Å². The highest BCUT2D eigenvalue weighted by atomic mass is 16.6. The third-order valence-corrected chi connectivity index (χ3v) is 3.46. The molecule has 1 unspecified atom stereocenters. The van der Waals surface area contributed by atoms with Gasteiger partial charge in [-0.2, -0.15) is 0 Å². The summed E-state index contributed by atoms with van der Waals surface area (Å²) < 4.78 is 5.44. The first-order valence-electron chi connectivity index (χ1n) is 8.12. The molecule has 0 radical (unpaired) electrons. The van der Waals surface area contributed by atoms with Gasteiger partial charge in [0.15, 0.2) is 0 Å². The lowest BCUT2D eigenvalue weighted by Crippen LogP contribution is -2.44. The SMILES string of the molecule is CC(NCCN(C(=O)OC(C)(C)C)C(C)C)c1ccccc1O. The topological polar surface area (TPSA) is 61.8 Å². The molecule has 0 aliphatic heterocycles. The Morgan fingerprint density at radius 3 is 2.39 bits per heavy atom. The molecule has 0 spiro atoms. The van der Waals surface area contributed by atoms with E-state index in [4.69, 9.17) is 4.74 Å². The van der Waals surface area contributed by atoms with Crippen LogP contribution in [0.25, 0.3) is 0 Å². The van der Waals surface area contributed by atoms with Gasteiger partial charge in [0.1, 0.15) is 11.4 Å². The van der Waals surface area contributed by atoms with E-state index in [1.165, 1.54) is 0 Å². The smallest absolute Gasteiger partial charge is 0.410 e. The Labute approximate surface area is 139 Å². The first-order valence-corrected chi connectivity index (χ1v) is 8.12. The number of hydrogen-bond acceptors (Lipinski definition) is 4. The average molecular weight is 322 g/mol. The first-order chi connectivity index (χ1) is 10.6. The summed E-state index contributed by atoms with van der Waals surface area (Å²) in [5, 5.41) is 13.2. The summed E-state index contributed by atoms with van der Waals surface area (Å²) >= 11 is 0. The number of phenolic OH excluding ortho intramolecular Hbond substituents is 1. The van der Waals surface area contributed by atoms with Crippen LogP contribution < -0.4 is 5.32 Å². The maximum absolute atomic E-state index is 12.2. The summed E-state index contributed by atoms with van der Waals surface area (Å²) in [7, 11) is 0. The van der Waals surface area contributed by atoms with E-state index in [0.717, 1.165) is 5.56 Å². The summed E-state index contributed by atoms with van der Waals surface area (Å²) in [5.41, 5.74) is 0.349. The Balaban J connectivity index is 2.56. The molecule has 1 amide bonds. The lowest BCUT2D eigenvalue weighted by Gasteiger charge is -2.30. The molecule has 0 aliphatic carbocycles. The van der Waals surface area contributed by atoms with Gasteiger partial charge in [0.05, 0.1) is 0 Å². The second-order valence-electron chi connectivity index (χ2n) is 7.00. The van der Waals surface area contributed by atoms with Crippen molar-refractivity contribution in [2.24, 2.45) is 0 Å². The highest BCUT2D eigenvalue weighted by molar-refractivity contribution is 5.68. The van der Waals surface area contributed by atoms with E-state index >= 15 is 0 Å². The molecule has 0 saturated carbocycles. The Morgan fingerprint density at radius 1 is 1.26 bits per heavy atom. The number of nitrogens with one attached hydrogen (secondary N) is 1. The van der Waals surface area contributed by atoms with E-state index in [1.54, 1.807) is 17.0 Å². The molecule has 23 heavy (non-hydrogen) atoms. The minimum atomic E-state index is -0.499. The number of aromatic hydroxyl groups is 1. The molecule has 1 rings (SSSR count). The molecule has 5 heteroatoms. The number of hydrogen-bond donors (Lipinski definition) is 2. The van der Waals surface area contributed by atoms with Gasteiger partial charge in [-0.05, 0) is 47.6 Å². The molecule has 0 saturated heterocycles. The average Bonchev–Trinajstić information content (AvgIpc) is 2.41. The summed E-state index contributed by atoms with van der Waals surface area (Å²) in [6.45, 7) is 12.7. The number of rotatable bonds is 6. The van der Waals surface area contributed by atoms with Crippen LogP contribution in [0.5, 0.6) is 5.75 Å². The highest BCUT2D eigenvalue weighted by Crippen LogP contribution is 2.22. The molecule has 0 bridgehead atoms. The van der Waals surface area contributed by atoms with Crippen LogP contribution in [0.4, 0.5) is 4.79 Å². The van der Waals surface area contributed by atoms with E-state index < -0.39 is 5.60 Å². The van der Waals surface area contributed by atoms with Crippen molar-refractivity contribution in [2.45, 2.75) is 59.2 Å². The molecule has 1 atom stereocenters. The van der Waals surface area contributed by atoms with Crippen LogP contribution in [0.3, 0.4) is 0 Å².